The molecule has 0 bridgehead atoms. The highest BCUT2D eigenvalue weighted by Crippen LogP contribution is 2.25. The Morgan fingerprint density at radius 2 is 2.43 bits per heavy atom. The number of rotatable bonds is 4. The van der Waals surface area contributed by atoms with Crippen LogP contribution >= 0.6 is 11.3 Å². The van der Waals surface area contributed by atoms with E-state index in [0.717, 1.165) is 43.9 Å². The third-order valence-corrected chi connectivity index (χ3v) is 5.09. The molecule has 0 radical (unpaired) electrons. The quantitative estimate of drug-likeness (QED) is 0.944. The van der Waals surface area contributed by atoms with Gasteiger partial charge in [0.1, 0.15) is 5.82 Å². The van der Waals surface area contributed by atoms with Crippen molar-refractivity contribution in [2.75, 3.05) is 13.1 Å². The Balaban J connectivity index is 1.56. The number of aromatic amines is 1. The van der Waals surface area contributed by atoms with Gasteiger partial charge in [0, 0.05) is 42.7 Å². The van der Waals surface area contributed by atoms with Gasteiger partial charge in [-0.3, -0.25) is 4.79 Å². The highest BCUT2D eigenvalue weighted by molar-refractivity contribution is 7.09. The van der Waals surface area contributed by atoms with Crippen LogP contribution < -0.4 is 0 Å². The van der Waals surface area contributed by atoms with Crippen molar-refractivity contribution in [3.05, 3.63) is 34.3 Å². The second kappa shape index (κ2) is 6.39. The maximum absolute atomic E-state index is 12.4. The molecule has 112 valence electrons. The maximum atomic E-state index is 12.4. The van der Waals surface area contributed by atoms with Crippen LogP contribution in [0, 0.1) is 6.92 Å². The zero-order valence-corrected chi connectivity index (χ0v) is 13.0. The van der Waals surface area contributed by atoms with Gasteiger partial charge in [-0.15, -0.1) is 11.3 Å². The SMILES string of the molecule is Cc1ncsc1CCC(=O)N1CCC[C@H](c2ncc[nH]2)C1. The molecule has 1 atom stereocenters. The third-order valence-electron chi connectivity index (χ3n) is 4.09. The van der Waals surface area contributed by atoms with Gasteiger partial charge >= 0.3 is 0 Å². The number of carbonyl (C=O) groups excluding carboxylic acids is 1. The second-order valence-corrected chi connectivity index (χ2v) is 6.45. The molecular weight excluding hydrogens is 284 g/mol. The summed E-state index contributed by atoms with van der Waals surface area (Å²) in [7, 11) is 0. The topological polar surface area (TPSA) is 61.9 Å². The molecule has 3 rings (SSSR count). The number of nitrogens with zero attached hydrogens (tertiary/aromatic N) is 3. The van der Waals surface area contributed by atoms with E-state index in [1.165, 1.54) is 4.88 Å². The number of H-pyrrole nitrogens is 1. The number of hydrogen-bond acceptors (Lipinski definition) is 4. The zero-order valence-electron chi connectivity index (χ0n) is 12.2. The van der Waals surface area contributed by atoms with Crippen LogP contribution in [0.2, 0.25) is 0 Å². The van der Waals surface area contributed by atoms with Gasteiger partial charge in [0.15, 0.2) is 0 Å². The average molecular weight is 304 g/mol. The fourth-order valence-corrected chi connectivity index (χ4v) is 3.65. The highest BCUT2D eigenvalue weighted by atomic mass is 32.1. The molecule has 1 fully saturated rings. The highest BCUT2D eigenvalue weighted by Gasteiger charge is 2.25. The number of piperidine rings is 1. The zero-order chi connectivity index (χ0) is 14.7. The Labute approximate surface area is 128 Å². The van der Waals surface area contributed by atoms with E-state index in [1.54, 1.807) is 17.5 Å². The first-order chi connectivity index (χ1) is 10.2. The number of aromatic nitrogens is 3. The van der Waals surface area contributed by atoms with E-state index < -0.39 is 0 Å². The second-order valence-electron chi connectivity index (χ2n) is 5.51. The summed E-state index contributed by atoms with van der Waals surface area (Å²) in [6, 6.07) is 0. The Morgan fingerprint density at radius 3 is 3.14 bits per heavy atom. The monoisotopic (exact) mass is 304 g/mol. The van der Waals surface area contributed by atoms with Crippen molar-refractivity contribution in [3.63, 3.8) is 0 Å². The van der Waals surface area contributed by atoms with E-state index in [4.69, 9.17) is 0 Å². The first kappa shape index (κ1) is 14.3. The van der Waals surface area contributed by atoms with Crippen LogP contribution in [0.5, 0.6) is 0 Å². The molecule has 1 saturated heterocycles. The van der Waals surface area contributed by atoms with Gasteiger partial charge in [-0.25, -0.2) is 9.97 Å². The number of carbonyl (C=O) groups is 1. The summed E-state index contributed by atoms with van der Waals surface area (Å²) < 4.78 is 0. The molecule has 1 amide bonds. The van der Waals surface area contributed by atoms with Crippen LogP contribution in [-0.4, -0.2) is 38.8 Å². The molecule has 3 heterocycles. The van der Waals surface area contributed by atoms with E-state index in [-0.39, 0.29) is 5.91 Å². The number of imidazole rings is 1. The van der Waals surface area contributed by atoms with Crippen molar-refractivity contribution in [2.45, 2.75) is 38.5 Å². The fourth-order valence-electron chi connectivity index (χ4n) is 2.87. The van der Waals surface area contributed by atoms with E-state index in [1.807, 2.05) is 23.5 Å². The van der Waals surface area contributed by atoms with Crippen molar-refractivity contribution in [2.24, 2.45) is 0 Å². The molecule has 6 heteroatoms. The third kappa shape index (κ3) is 3.32. The predicted octanol–water partition coefficient (Wildman–Crippen LogP) is 2.51. The van der Waals surface area contributed by atoms with Crippen LogP contribution in [0.3, 0.4) is 0 Å². The number of hydrogen-bond donors (Lipinski definition) is 1. The van der Waals surface area contributed by atoms with E-state index in [9.17, 15) is 4.79 Å². The standard InChI is InChI=1S/C15H20N4OS/c1-11-13(21-10-18-11)4-5-14(20)19-8-2-3-12(9-19)15-16-6-7-17-15/h6-7,10,12H,2-5,8-9H2,1H3,(H,16,17)/t12-/m0/s1. The van der Waals surface area contributed by atoms with Crippen LogP contribution in [-0.2, 0) is 11.2 Å². The van der Waals surface area contributed by atoms with Gasteiger partial charge in [0.2, 0.25) is 5.91 Å². The lowest BCUT2D eigenvalue weighted by Crippen LogP contribution is -2.39. The van der Waals surface area contributed by atoms with Gasteiger partial charge in [-0.1, -0.05) is 0 Å². The molecule has 5 nitrogen and oxygen atoms in total. The molecule has 0 aliphatic carbocycles. The van der Waals surface area contributed by atoms with Crippen LogP contribution in [0.15, 0.2) is 17.9 Å². The van der Waals surface area contributed by atoms with Crippen LogP contribution in [0.1, 0.15) is 41.6 Å². The Hall–Kier alpha value is -1.69. The van der Waals surface area contributed by atoms with Gasteiger partial charge in [-0.05, 0) is 26.2 Å². The van der Waals surface area contributed by atoms with Crippen molar-refractivity contribution < 1.29 is 4.79 Å². The lowest BCUT2D eigenvalue weighted by Gasteiger charge is -2.32. The van der Waals surface area contributed by atoms with Crippen molar-refractivity contribution in [3.8, 4) is 0 Å². The summed E-state index contributed by atoms with van der Waals surface area (Å²) in [4.78, 5) is 27.4. The number of thiazole rings is 1. The van der Waals surface area contributed by atoms with Gasteiger partial charge in [0.05, 0.1) is 11.2 Å². The Morgan fingerprint density at radius 1 is 1.52 bits per heavy atom. The first-order valence-electron chi connectivity index (χ1n) is 7.40. The lowest BCUT2D eigenvalue weighted by atomic mass is 9.97. The smallest absolute Gasteiger partial charge is 0.222 e. The maximum Gasteiger partial charge on any atom is 0.222 e. The molecule has 0 unspecified atom stereocenters. The van der Waals surface area contributed by atoms with Gasteiger partial charge < -0.3 is 9.88 Å². The van der Waals surface area contributed by atoms with Gasteiger partial charge in [0.25, 0.3) is 0 Å². The van der Waals surface area contributed by atoms with Crippen LogP contribution in [0.25, 0.3) is 0 Å². The summed E-state index contributed by atoms with van der Waals surface area (Å²) in [5.41, 5.74) is 2.91. The van der Waals surface area contributed by atoms with Crippen molar-refractivity contribution in [1.29, 1.82) is 0 Å². The number of amides is 1. The molecule has 0 spiro atoms. The average Bonchev–Trinajstić information content (AvgIpc) is 3.16. The minimum absolute atomic E-state index is 0.249. The summed E-state index contributed by atoms with van der Waals surface area (Å²) in [5.74, 6) is 1.60. The first-order valence-corrected chi connectivity index (χ1v) is 8.28. The Kier molecular flexibility index (Phi) is 4.34. The minimum Gasteiger partial charge on any atom is -0.348 e. The molecule has 0 aromatic carbocycles. The number of aryl methyl sites for hydroxylation is 2. The molecule has 2 aromatic rings. The van der Waals surface area contributed by atoms with Crippen LogP contribution in [0.4, 0.5) is 0 Å². The number of likely N-dealkylation sites (tertiary alicyclic amines) is 1. The Bertz CT molecular complexity index is 593. The fraction of sp³-hybridized carbons (Fsp3) is 0.533. The van der Waals surface area contributed by atoms with Crippen molar-refractivity contribution in [1.82, 2.24) is 19.9 Å². The van der Waals surface area contributed by atoms with E-state index >= 15 is 0 Å². The summed E-state index contributed by atoms with van der Waals surface area (Å²) in [5, 5.41) is 0. The largest absolute Gasteiger partial charge is 0.348 e. The summed E-state index contributed by atoms with van der Waals surface area (Å²) in [6.45, 7) is 3.66. The molecule has 2 aromatic heterocycles. The molecular formula is C15H20N4OS. The predicted molar refractivity (Wildman–Crippen MR) is 82.3 cm³/mol. The summed E-state index contributed by atoms with van der Waals surface area (Å²) in [6.07, 6.45) is 7.17. The normalized spacial score (nSPS) is 18.9. The molecule has 1 aliphatic rings. The summed E-state index contributed by atoms with van der Waals surface area (Å²) >= 11 is 1.64. The van der Waals surface area contributed by atoms with E-state index in [2.05, 4.69) is 15.0 Å². The lowest BCUT2D eigenvalue weighted by molar-refractivity contribution is -0.132. The number of nitrogens with one attached hydrogen (secondary N) is 1. The molecule has 1 aliphatic heterocycles. The molecule has 21 heavy (non-hydrogen) atoms. The molecule has 1 N–H and O–H groups in total. The molecule has 0 saturated carbocycles. The van der Waals surface area contributed by atoms with E-state index in [0.29, 0.717) is 12.3 Å². The van der Waals surface area contributed by atoms with Crippen molar-refractivity contribution >= 4 is 17.2 Å². The van der Waals surface area contributed by atoms with Gasteiger partial charge in [-0.2, -0.15) is 0 Å². The minimum atomic E-state index is 0.249.